The molecule has 0 aliphatic heterocycles. The smallest absolute Gasteiger partial charge is 0.407 e. The van der Waals surface area contributed by atoms with Gasteiger partial charge < -0.3 is 19.9 Å². The number of rotatable bonds is 8. The molecule has 6 heteroatoms. The molecule has 3 aromatic carbocycles. The number of hydrogen-bond donors (Lipinski definition) is 2. The van der Waals surface area contributed by atoms with E-state index < -0.39 is 18.0 Å². The molecule has 0 fully saturated rings. The maximum atomic E-state index is 12.4. The first-order chi connectivity index (χ1) is 15.6. The van der Waals surface area contributed by atoms with Crippen molar-refractivity contribution in [3.05, 3.63) is 89.5 Å². The van der Waals surface area contributed by atoms with Gasteiger partial charge in [0.15, 0.2) is 0 Å². The first kappa shape index (κ1) is 21.4. The number of methoxy groups -OCH3 is 1. The fourth-order valence-corrected chi connectivity index (χ4v) is 4.24. The van der Waals surface area contributed by atoms with E-state index in [0.29, 0.717) is 5.75 Å². The Kier molecular flexibility index (Phi) is 6.40. The first-order valence-electron chi connectivity index (χ1n) is 10.5. The summed E-state index contributed by atoms with van der Waals surface area (Å²) in [6, 6.07) is 23.5. The molecule has 0 radical (unpaired) electrons. The Bertz CT molecular complexity index is 1080. The van der Waals surface area contributed by atoms with Crippen molar-refractivity contribution < 1.29 is 24.2 Å². The van der Waals surface area contributed by atoms with Crippen LogP contribution in [0.15, 0.2) is 72.8 Å². The number of nitrogens with one attached hydrogen (secondary N) is 1. The lowest BCUT2D eigenvalue weighted by Crippen LogP contribution is -2.35. The maximum absolute atomic E-state index is 12.4. The van der Waals surface area contributed by atoms with Gasteiger partial charge in [-0.05, 0) is 40.3 Å². The van der Waals surface area contributed by atoms with Crippen LogP contribution in [0.25, 0.3) is 11.1 Å². The highest BCUT2D eigenvalue weighted by molar-refractivity contribution is 5.79. The van der Waals surface area contributed by atoms with Gasteiger partial charge in [-0.1, -0.05) is 66.7 Å². The van der Waals surface area contributed by atoms with Crippen LogP contribution in [0.4, 0.5) is 4.79 Å². The third-order valence-electron chi connectivity index (χ3n) is 5.84. The fourth-order valence-electron chi connectivity index (χ4n) is 4.24. The molecule has 1 amide bonds. The van der Waals surface area contributed by atoms with Crippen LogP contribution >= 0.6 is 0 Å². The van der Waals surface area contributed by atoms with Crippen LogP contribution in [0.5, 0.6) is 5.75 Å². The highest BCUT2D eigenvalue weighted by atomic mass is 16.5. The zero-order valence-corrected chi connectivity index (χ0v) is 17.8. The zero-order chi connectivity index (χ0) is 22.5. The number of benzene rings is 3. The molecule has 0 spiro atoms. The molecule has 0 bridgehead atoms. The second kappa shape index (κ2) is 9.56. The second-order valence-electron chi connectivity index (χ2n) is 7.76. The minimum Gasteiger partial charge on any atom is -0.496 e. The Morgan fingerprint density at radius 1 is 0.938 bits per heavy atom. The number of amides is 1. The Morgan fingerprint density at radius 2 is 1.53 bits per heavy atom. The minimum atomic E-state index is -0.991. The SMILES string of the molecule is COc1ccccc1C[C@@H](CNC(=O)OCC1c2ccccc2-c2ccccc21)C(=O)O. The van der Waals surface area contributed by atoms with Crippen LogP contribution in [0.3, 0.4) is 0 Å². The summed E-state index contributed by atoms with van der Waals surface area (Å²) in [5.41, 5.74) is 5.33. The van der Waals surface area contributed by atoms with Gasteiger partial charge in [-0.25, -0.2) is 4.79 Å². The summed E-state index contributed by atoms with van der Waals surface area (Å²) in [6.07, 6.45) is -0.388. The van der Waals surface area contributed by atoms with Gasteiger partial charge in [0.1, 0.15) is 12.4 Å². The number of fused-ring (bicyclic) bond motifs is 3. The molecule has 3 aromatic rings. The molecule has 0 saturated heterocycles. The van der Waals surface area contributed by atoms with Gasteiger partial charge in [-0.2, -0.15) is 0 Å². The monoisotopic (exact) mass is 431 g/mol. The molecule has 0 heterocycles. The van der Waals surface area contributed by atoms with Crippen molar-refractivity contribution in [1.82, 2.24) is 5.32 Å². The molecule has 0 saturated carbocycles. The van der Waals surface area contributed by atoms with Gasteiger partial charge in [-0.3, -0.25) is 4.79 Å². The van der Waals surface area contributed by atoms with Crippen molar-refractivity contribution in [3.63, 3.8) is 0 Å². The number of carboxylic acid groups (broad SMARTS) is 1. The summed E-state index contributed by atoms with van der Waals surface area (Å²) in [6.45, 7) is 0.147. The number of para-hydroxylation sites is 1. The van der Waals surface area contributed by atoms with E-state index in [1.165, 1.54) is 0 Å². The number of carbonyl (C=O) groups is 2. The Hall–Kier alpha value is -3.80. The molecular weight excluding hydrogens is 406 g/mol. The third-order valence-corrected chi connectivity index (χ3v) is 5.84. The van der Waals surface area contributed by atoms with Crippen LogP contribution in [0.1, 0.15) is 22.6 Å². The summed E-state index contributed by atoms with van der Waals surface area (Å²) in [7, 11) is 1.55. The van der Waals surface area contributed by atoms with Crippen LogP contribution in [0, 0.1) is 5.92 Å². The predicted octanol–water partition coefficient (Wildman–Crippen LogP) is 4.48. The molecule has 0 aromatic heterocycles. The largest absolute Gasteiger partial charge is 0.496 e. The number of carbonyl (C=O) groups excluding carboxylic acids is 1. The van der Waals surface area contributed by atoms with Gasteiger partial charge in [0, 0.05) is 12.5 Å². The number of alkyl carbamates (subject to hydrolysis) is 1. The van der Waals surface area contributed by atoms with Crippen LogP contribution in [-0.4, -0.2) is 37.4 Å². The van der Waals surface area contributed by atoms with Gasteiger partial charge in [0.05, 0.1) is 13.0 Å². The molecule has 6 nitrogen and oxygen atoms in total. The van der Waals surface area contributed by atoms with Crippen LogP contribution in [0.2, 0.25) is 0 Å². The second-order valence-corrected chi connectivity index (χ2v) is 7.76. The number of carboxylic acids is 1. The van der Waals surface area contributed by atoms with E-state index >= 15 is 0 Å². The van der Waals surface area contributed by atoms with Crippen molar-refractivity contribution in [2.24, 2.45) is 5.92 Å². The molecule has 164 valence electrons. The van der Waals surface area contributed by atoms with Gasteiger partial charge in [0.2, 0.25) is 0 Å². The van der Waals surface area contributed by atoms with Crippen LogP contribution < -0.4 is 10.1 Å². The maximum Gasteiger partial charge on any atom is 0.407 e. The van der Waals surface area contributed by atoms with E-state index in [-0.39, 0.29) is 25.5 Å². The Balaban J connectivity index is 1.37. The minimum absolute atomic E-state index is 0.0376. The highest BCUT2D eigenvalue weighted by Gasteiger charge is 2.29. The van der Waals surface area contributed by atoms with Gasteiger partial charge >= 0.3 is 12.1 Å². The summed E-state index contributed by atoms with van der Waals surface area (Å²) >= 11 is 0. The van der Waals surface area contributed by atoms with E-state index in [2.05, 4.69) is 29.6 Å². The van der Waals surface area contributed by atoms with E-state index in [4.69, 9.17) is 9.47 Å². The summed E-state index contributed by atoms with van der Waals surface area (Å²) in [5, 5.41) is 12.2. The molecule has 4 rings (SSSR count). The van der Waals surface area contributed by atoms with Gasteiger partial charge in [-0.15, -0.1) is 0 Å². The van der Waals surface area contributed by atoms with Crippen molar-refractivity contribution >= 4 is 12.1 Å². The number of ether oxygens (including phenoxy) is 2. The normalized spacial score (nSPS) is 13.0. The molecule has 32 heavy (non-hydrogen) atoms. The molecule has 0 unspecified atom stereocenters. The zero-order valence-electron chi connectivity index (χ0n) is 17.8. The van der Waals surface area contributed by atoms with E-state index in [1.807, 2.05) is 42.5 Å². The average Bonchev–Trinajstić information content (AvgIpc) is 3.14. The molecule has 1 aliphatic carbocycles. The number of aliphatic carboxylic acids is 1. The molecule has 1 aliphatic rings. The van der Waals surface area contributed by atoms with Crippen molar-refractivity contribution in [3.8, 4) is 16.9 Å². The van der Waals surface area contributed by atoms with E-state index in [0.717, 1.165) is 27.8 Å². The summed E-state index contributed by atoms with van der Waals surface area (Å²) < 4.78 is 10.8. The van der Waals surface area contributed by atoms with Gasteiger partial charge in [0.25, 0.3) is 0 Å². The lowest BCUT2D eigenvalue weighted by molar-refractivity contribution is -0.141. The van der Waals surface area contributed by atoms with E-state index in [9.17, 15) is 14.7 Å². The third kappa shape index (κ3) is 4.44. The predicted molar refractivity (Wildman–Crippen MR) is 121 cm³/mol. The van der Waals surface area contributed by atoms with Crippen molar-refractivity contribution in [2.45, 2.75) is 12.3 Å². The topological polar surface area (TPSA) is 84.9 Å². The lowest BCUT2D eigenvalue weighted by Gasteiger charge is -2.17. The average molecular weight is 431 g/mol. The summed E-state index contributed by atoms with van der Waals surface area (Å²) in [5.74, 6) is -1.21. The quantitative estimate of drug-likeness (QED) is 0.549. The standard InChI is InChI=1S/C26H25NO5/c1-31-24-13-7-2-8-17(24)14-18(25(28)29)15-27-26(30)32-16-23-21-11-5-3-9-19(21)20-10-4-6-12-22(20)23/h2-13,18,23H,14-16H2,1H3,(H,27,30)(H,28,29)/t18-/m0/s1. The number of hydrogen-bond acceptors (Lipinski definition) is 4. The Labute approximate surface area is 186 Å². The summed E-state index contributed by atoms with van der Waals surface area (Å²) in [4.78, 5) is 24.1. The van der Waals surface area contributed by atoms with Crippen molar-refractivity contribution in [1.29, 1.82) is 0 Å². The fraction of sp³-hybridized carbons (Fsp3) is 0.231. The highest BCUT2D eigenvalue weighted by Crippen LogP contribution is 2.44. The first-order valence-corrected chi connectivity index (χ1v) is 10.5. The lowest BCUT2D eigenvalue weighted by atomic mass is 9.98. The molecule has 1 atom stereocenters. The van der Waals surface area contributed by atoms with Crippen molar-refractivity contribution in [2.75, 3.05) is 20.3 Å². The Morgan fingerprint density at radius 3 is 2.16 bits per heavy atom. The molecular formula is C26H25NO5. The van der Waals surface area contributed by atoms with E-state index in [1.54, 1.807) is 13.2 Å². The molecule has 2 N–H and O–H groups in total. The van der Waals surface area contributed by atoms with Crippen LogP contribution in [-0.2, 0) is 16.0 Å².